The molecule has 102 valence electrons. The molecule has 0 bridgehead atoms. The third-order valence-electron chi connectivity index (χ3n) is 3.34. The van der Waals surface area contributed by atoms with Gasteiger partial charge in [0, 0.05) is 24.6 Å². The van der Waals surface area contributed by atoms with Crippen molar-refractivity contribution in [2.75, 3.05) is 6.54 Å². The molecule has 19 heavy (non-hydrogen) atoms. The van der Waals surface area contributed by atoms with Crippen molar-refractivity contribution in [3.8, 4) is 11.8 Å². The topological polar surface area (TPSA) is 45.0 Å². The average molecular weight is 266 g/mol. The van der Waals surface area contributed by atoms with Crippen molar-refractivity contribution in [3.63, 3.8) is 0 Å². The monoisotopic (exact) mass is 266 g/mol. The van der Waals surface area contributed by atoms with E-state index < -0.39 is 17.2 Å². The maximum absolute atomic E-state index is 13.1. The molecule has 1 aromatic rings. The van der Waals surface area contributed by atoms with Crippen LogP contribution in [0.4, 0.5) is 8.78 Å². The highest BCUT2D eigenvalue weighted by Crippen LogP contribution is 2.32. The second-order valence-electron chi connectivity index (χ2n) is 4.81. The van der Waals surface area contributed by atoms with Crippen LogP contribution in [0.1, 0.15) is 26.2 Å². The first-order valence-electron chi connectivity index (χ1n) is 6.36. The van der Waals surface area contributed by atoms with Crippen LogP contribution in [-0.2, 0) is 0 Å². The largest absolute Gasteiger partial charge is 0.490 e. The fourth-order valence-electron chi connectivity index (χ4n) is 2.53. The molecule has 2 rings (SSSR count). The van der Waals surface area contributed by atoms with Gasteiger partial charge in [0.05, 0.1) is 6.07 Å². The van der Waals surface area contributed by atoms with E-state index in [1.165, 1.54) is 0 Å². The van der Waals surface area contributed by atoms with Gasteiger partial charge in [-0.3, -0.25) is 5.32 Å². The molecule has 5 heteroatoms. The molecule has 1 aliphatic carbocycles. The molecule has 0 amide bonds. The number of benzene rings is 1. The Morgan fingerprint density at radius 1 is 1.42 bits per heavy atom. The molecular formula is C14H16F2N2O. The molecule has 2 unspecified atom stereocenters. The first-order chi connectivity index (χ1) is 9.07. The summed E-state index contributed by atoms with van der Waals surface area (Å²) in [6, 6.07) is 5.39. The van der Waals surface area contributed by atoms with Crippen LogP contribution in [0.5, 0.6) is 5.75 Å². The summed E-state index contributed by atoms with van der Waals surface area (Å²) in [6.45, 7) is 2.64. The lowest BCUT2D eigenvalue weighted by atomic mass is 10.00. The van der Waals surface area contributed by atoms with Gasteiger partial charge < -0.3 is 4.74 Å². The van der Waals surface area contributed by atoms with Crippen LogP contribution in [0, 0.1) is 23.0 Å². The van der Waals surface area contributed by atoms with Crippen LogP contribution in [0.15, 0.2) is 18.2 Å². The quantitative estimate of drug-likeness (QED) is 0.911. The fraction of sp³-hybridized carbons (Fsp3) is 0.500. The number of halogens is 2. The van der Waals surface area contributed by atoms with Gasteiger partial charge in [-0.25, -0.2) is 8.78 Å². The molecule has 1 saturated carbocycles. The van der Waals surface area contributed by atoms with Crippen molar-refractivity contribution in [1.82, 2.24) is 5.32 Å². The minimum absolute atomic E-state index is 0.174. The molecule has 3 nitrogen and oxygen atoms in total. The Hall–Kier alpha value is -1.67. The van der Waals surface area contributed by atoms with Crippen LogP contribution in [-0.4, -0.2) is 18.2 Å². The molecular weight excluding hydrogens is 250 g/mol. The molecule has 0 heterocycles. The predicted octanol–water partition coefficient (Wildman–Crippen LogP) is 2.77. The summed E-state index contributed by atoms with van der Waals surface area (Å²) in [4.78, 5) is 0. The molecule has 0 saturated heterocycles. The Morgan fingerprint density at radius 2 is 2.11 bits per heavy atom. The summed E-state index contributed by atoms with van der Waals surface area (Å²) >= 11 is 0. The Morgan fingerprint density at radius 3 is 2.68 bits per heavy atom. The van der Waals surface area contributed by atoms with Gasteiger partial charge in [-0.05, 0) is 19.4 Å². The molecule has 1 fully saturated rings. The molecule has 2 atom stereocenters. The van der Waals surface area contributed by atoms with E-state index in [1.807, 2.05) is 6.92 Å². The van der Waals surface area contributed by atoms with E-state index in [1.54, 1.807) is 0 Å². The van der Waals surface area contributed by atoms with Gasteiger partial charge in [-0.2, -0.15) is 5.26 Å². The van der Waals surface area contributed by atoms with E-state index in [4.69, 9.17) is 4.74 Å². The standard InChI is InChI=1S/C14H16F2N2O/c1-2-18-14(9-17)4-3-12(8-14)19-13-6-10(15)5-11(16)7-13/h5-7,12,18H,2-4,8H2,1H3. The number of nitriles is 1. The molecule has 1 aromatic carbocycles. The molecule has 0 spiro atoms. The van der Waals surface area contributed by atoms with E-state index in [9.17, 15) is 14.0 Å². The lowest BCUT2D eigenvalue weighted by Crippen LogP contribution is -2.42. The van der Waals surface area contributed by atoms with Crippen molar-refractivity contribution >= 4 is 0 Å². The Labute approximate surface area is 111 Å². The second kappa shape index (κ2) is 5.54. The van der Waals surface area contributed by atoms with Gasteiger partial charge in [-0.1, -0.05) is 6.92 Å². The zero-order valence-electron chi connectivity index (χ0n) is 10.7. The van der Waals surface area contributed by atoms with Crippen LogP contribution in [0.2, 0.25) is 0 Å². The predicted molar refractivity (Wildman–Crippen MR) is 66.6 cm³/mol. The molecule has 0 aliphatic heterocycles. The Bertz CT molecular complexity index is 480. The molecule has 1 N–H and O–H groups in total. The summed E-state index contributed by atoms with van der Waals surface area (Å²) in [7, 11) is 0. The highest BCUT2D eigenvalue weighted by molar-refractivity contribution is 5.25. The minimum atomic E-state index is -0.661. The van der Waals surface area contributed by atoms with E-state index in [-0.39, 0.29) is 11.9 Å². The summed E-state index contributed by atoms with van der Waals surface area (Å²) in [5.74, 6) is -1.15. The van der Waals surface area contributed by atoms with Crippen LogP contribution < -0.4 is 10.1 Å². The number of nitrogens with one attached hydrogen (secondary N) is 1. The zero-order chi connectivity index (χ0) is 13.9. The second-order valence-corrected chi connectivity index (χ2v) is 4.81. The van der Waals surface area contributed by atoms with Gasteiger partial charge in [-0.15, -0.1) is 0 Å². The van der Waals surface area contributed by atoms with E-state index in [0.717, 1.165) is 18.2 Å². The van der Waals surface area contributed by atoms with Crippen LogP contribution in [0.25, 0.3) is 0 Å². The van der Waals surface area contributed by atoms with Gasteiger partial charge in [0.15, 0.2) is 0 Å². The fourth-order valence-corrected chi connectivity index (χ4v) is 2.53. The first kappa shape index (κ1) is 13.8. The summed E-state index contributed by atoms with van der Waals surface area (Å²) in [5, 5.41) is 12.4. The van der Waals surface area contributed by atoms with Crippen molar-refractivity contribution in [3.05, 3.63) is 29.8 Å². The van der Waals surface area contributed by atoms with Gasteiger partial charge in [0.2, 0.25) is 0 Å². The smallest absolute Gasteiger partial charge is 0.129 e. The zero-order valence-corrected chi connectivity index (χ0v) is 10.7. The van der Waals surface area contributed by atoms with Crippen molar-refractivity contribution in [1.29, 1.82) is 5.26 Å². The highest BCUT2D eigenvalue weighted by Gasteiger charge is 2.39. The normalized spacial score (nSPS) is 26.1. The number of nitrogens with zero attached hydrogens (tertiary/aromatic N) is 1. The first-order valence-corrected chi connectivity index (χ1v) is 6.36. The molecule has 1 aliphatic rings. The van der Waals surface area contributed by atoms with Gasteiger partial charge >= 0.3 is 0 Å². The lowest BCUT2D eigenvalue weighted by Gasteiger charge is -2.22. The maximum atomic E-state index is 13.1. The molecule has 0 aromatic heterocycles. The van der Waals surface area contributed by atoms with E-state index in [0.29, 0.717) is 25.8 Å². The SMILES string of the molecule is CCNC1(C#N)CCC(Oc2cc(F)cc(F)c2)C1. The van der Waals surface area contributed by atoms with Crippen molar-refractivity contribution in [2.24, 2.45) is 0 Å². The van der Waals surface area contributed by atoms with E-state index >= 15 is 0 Å². The highest BCUT2D eigenvalue weighted by atomic mass is 19.1. The summed E-state index contributed by atoms with van der Waals surface area (Å²) in [6.07, 6.45) is 1.70. The van der Waals surface area contributed by atoms with Gasteiger partial charge in [0.25, 0.3) is 0 Å². The van der Waals surface area contributed by atoms with Crippen LogP contribution in [0.3, 0.4) is 0 Å². The summed E-state index contributed by atoms with van der Waals surface area (Å²) in [5.41, 5.74) is -0.578. The minimum Gasteiger partial charge on any atom is -0.490 e. The lowest BCUT2D eigenvalue weighted by molar-refractivity contribution is 0.199. The van der Waals surface area contributed by atoms with Gasteiger partial charge in [0.1, 0.15) is 29.0 Å². The number of rotatable bonds is 4. The third kappa shape index (κ3) is 3.21. The van der Waals surface area contributed by atoms with E-state index in [2.05, 4.69) is 11.4 Å². The maximum Gasteiger partial charge on any atom is 0.129 e. The van der Waals surface area contributed by atoms with Crippen molar-refractivity contribution in [2.45, 2.75) is 37.8 Å². The third-order valence-corrected chi connectivity index (χ3v) is 3.34. The number of ether oxygens (including phenoxy) is 1. The number of hydrogen-bond acceptors (Lipinski definition) is 3. The van der Waals surface area contributed by atoms with Crippen molar-refractivity contribution < 1.29 is 13.5 Å². The number of hydrogen-bond donors (Lipinski definition) is 1. The van der Waals surface area contributed by atoms with Crippen LogP contribution >= 0.6 is 0 Å². The Balaban J connectivity index is 2.04. The average Bonchev–Trinajstić information content (AvgIpc) is 2.72. The summed E-state index contributed by atoms with van der Waals surface area (Å²) < 4.78 is 31.7. The molecule has 0 radical (unpaired) electrons. The Kier molecular flexibility index (Phi) is 4.01.